The van der Waals surface area contributed by atoms with Crippen molar-refractivity contribution in [3.8, 4) is 0 Å². The molecule has 1 heterocycles. The Bertz CT molecular complexity index is 459. The monoisotopic (exact) mass is 237 g/mol. The Morgan fingerprint density at radius 3 is 2.53 bits per heavy atom. The first-order valence-corrected chi connectivity index (χ1v) is 5.59. The van der Waals surface area contributed by atoms with E-state index < -0.39 is 17.9 Å². The molecule has 2 N–H and O–H groups in total. The number of furan rings is 1. The molecule has 1 unspecified atom stereocenters. The predicted octanol–water partition coefficient (Wildman–Crippen LogP) is 1.49. The summed E-state index contributed by atoms with van der Waals surface area (Å²) in [4.78, 5) is 22.9. The second-order valence-corrected chi connectivity index (χ2v) is 4.50. The van der Waals surface area contributed by atoms with Crippen molar-refractivity contribution in [3.05, 3.63) is 23.2 Å². The summed E-state index contributed by atoms with van der Waals surface area (Å²) in [6.07, 6.45) is 1.71. The number of carboxylic acid groups (broad SMARTS) is 1. The van der Waals surface area contributed by atoms with Crippen LogP contribution >= 0.6 is 0 Å². The van der Waals surface area contributed by atoms with E-state index in [2.05, 4.69) is 5.32 Å². The largest absolute Gasteiger partial charge is 0.480 e. The molecule has 0 radical (unpaired) electrons. The summed E-state index contributed by atoms with van der Waals surface area (Å²) in [6, 6.07) is 0.953. The molecule has 1 aromatic heterocycles. The average Bonchev–Trinajstić information content (AvgIpc) is 3.00. The smallest absolute Gasteiger partial charge is 0.326 e. The summed E-state index contributed by atoms with van der Waals surface area (Å²) < 4.78 is 5.25. The fourth-order valence-electron chi connectivity index (χ4n) is 1.88. The summed E-state index contributed by atoms with van der Waals surface area (Å²) in [7, 11) is 0. The number of hydrogen-bond donors (Lipinski definition) is 2. The Balaban J connectivity index is 2.10. The number of rotatable bonds is 4. The zero-order chi connectivity index (χ0) is 12.6. The van der Waals surface area contributed by atoms with Gasteiger partial charge in [-0.15, -0.1) is 0 Å². The molecule has 1 fully saturated rings. The lowest BCUT2D eigenvalue weighted by atomic mass is 10.1. The highest BCUT2D eigenvalue weighted by molar-refractivity contribution is 5.95. The molecule has 5 heteroatoms. The Kier molecular flexibility index (Phi) is 2.92. The molecule has 92 valence electrons. The predicted molar refractivity (Wildman–Crippen MR) is 59.8 cm³/mol. The normalized spacial score (nSPS) is 16.6. The van der Waals surface area contributed by atoms with Crippen molar-refractivity contribution >= 4 is 11.9 Å². The van der Waals surface area contributed by atoms with Crippen molar-refractivity contribution in [2.45, 2.75) is 32.7 Å². The summed E-state index contributed by atoms with van der Waals surface area (Å²) in [5.74, 6) is -0.523. The highest BCUT2D eigenvalue weighted by Gasteiger charge is 2.37. The lowest BCUT2D eigenvalue weighted by molar-refractivity contribution is -0.139. The molecule has 1 aliphatic rings. The van der Waals surface area contributed by atoms with Gasteiger partial charge in [-0.05, 0) is 38.7 Å². The van der Waals surface area contributed by atoms with Crippen LogP contribution in [-0.4, -0.2) is 23.0 Å². The number of carbonyl (C=O) groups excluding carboxylic acids is 1. The van der Waals surface area contributed by atoms with Gasteiger partial charge in [-0.1, -0.05) is 0 Å². The van der Waals surface area contributed by atoms with E-state index >= 15 is 0 Å². The lowest BCUT2D eigenvalue weighted by Crippen LogP contribution is -2.42. The maximum atomic E-state index is 11.9. The summed E-state index contributed by atoms with van der Waals surface area (Å²) >= 11 is 0. The molecule has 1 aromatic rings. The fourth-order valence-corrected chi connectivity index (χ4v) is 1.88. The number of carbonyl (C=O) groups is 2. The molecule has 2 rings (SSSR count). The molecule has 5 nitrogen and oxygen atoms in total. The van der Waals surface area contributed by atoms with Crippen molar-refractivity contribution in [1.82, 2.24) is 5.32 Å². The van der Waals surface area contributed by atoms with E-state index in [0.717, 1.165) is 18.4 Å². The Morgan fingerprint density at radius 1 is 1.47 bits per heavy atom. The van der Waals surface area contributed by atoms with E-state index in [1.54, 1.807) is 19.9 Å². The minimum atomic E-state index is -0.984. The van der Waals surface area contributed by atoms with Gasteiger partial charge in [0.15, 0.2) is 5.76 Å². The molecule has 1 aliphatic carbocycles. The van der Waals surface area contributed by atoms with E-state index in [4.69, 9.17) is 9.52 Å². The average molecular weight is 237 g/mol. The molecule has 0 spiro atoms. The molecular formula is C12H15NO4. The minimum Gasteiger partial charge on any atom is -0.480 e. The van der Waals surface area contributed by atoms with Crippen molar-refractivity contribution in [3.63, 3.8) is 0 Å². The molecule has 0 aromatic carbocycles. The third-order valence-corrected chi connectivity index (χ3v) is 2.89. The van der Waals surface area contributed by atoms with Crippen molar-refractivity contribution < 1.29 is 19.1 Å². The Labute approximate surface area is 98.8 Å². The van der Waals surface area contributed by atoms with Gasteiger partial charge in [-0.25, -0.2) is 4.79 Å². The maximum absolute atomic E-state index is 11.9. The number of hydrogen-bond acceptors (Lipinski definition) is 3. The van der Waals surface area contributed by atoms with Gasteiger partial charge in [0.2, 0.25) is 0 Å². The van der Waals surface area contributed by atoms with Crippen LogP contribution < -0.4 is 5.32 Å². The number of carboxylic acids is 1. The van der Waals surface area contributed by atoms with E-state index in [1.807, 2.05) is 0 Å². The van der Waals surface area contributed by atoms with Crippen LogP contribution in [0.4, 0.5) is 0 Å². The van der Waals surface area contributed by atoms with E-state index in [1.165, 1.54) is 0 Å². The van der Waals surface area contributed by atoms with Gasteiger partial charge in [0, 0.05) is 5.56 Å². The Morgan fingerprint density at radius 2 is 2.12 bits per heavy atom. The van der Waals surface area contributed by atoms with Crippen LogP contribution in [0.1, 0.15) is 34.7 Å². The van der Waals surface area contributed by atoms with Crippen molar-refractivity contribution in [2.75, 3.05) is 0 Å². The molecule has 1 amide bonds. The van der Waals surface area contributed by atoms with Gasteiger partial charge in [-0.2, -0.15) is 0 Å². The third-order valence-electron chi connectivity index (χ3n) is 2.89. The number of amides is 1. The van der Waals surface area contributed by atoms with Crippen LogP contribution in [0.2, 0.25) is 0 Å². The molecule has 1 saturated carbocycles. The summed E-state index contributed by atoms with van der Waals surface area (Å²) in [5, 5.41) is 11.5. The van der Waals surface area contributed by atoms with Crippen molar-refractivity contribution in [1.29, 1.82) is 0 Å². The lowest BCUT2D eigenvalue weighted by Gasteiger charge is -2.12. The topological polar surface area (TPSA) is 79.5 Å². The summed E-state index contributed by atoms with van der Waals surface area (Å²) in [5.41, 5.74) is 0.722. The van der Waals surface area contributed by atoms with Gasteiger partial charge in [0.1, 0.15) is 11.8 Å². The van der Waals surface area contributed by atoms with Crippen LogP contribution in [0.3, 0.4) is 0 Å². The van der Waals surface area contributed by atoms with Crippen LogP contribution in [0.25, 0.3) is 0 Å². The van der Waals surface area contributed by atoms with E-state index in [-0.39, 0.29) is 11.7 Å². The zero-order valence-electron chi connectivity index (χ0n) is 9.82. The molecular weight excluding hydrogens is 222 g/mol. The maximum Gasteiger partial charge on any atom is 0.326 e. The SMILES string of the molecule is Cc1cc(C)c(C(=O)NC(C(=O)O)C2CC2)o1. The van der Waals surface area contributed by atoms with Gasteiger partial charge in [-0.3, -0.25) is 4.79 Å². The fraction of sp³-hybridized carbons (Fsp3) is 0.500. The summed E-state index contributed by atoms with van der Waals surface area (Å²) in [6.45, 7) is 3.51. The molecule has 0 bridgehead atoms. The highest BCUT2D eigenvalue weighted by Crippen LogP contribution is 2.33. The molecule has 0 aliphatic heterocycles. The molecule has 17 heavy (non-hydrogen) atoms. The minimum absolute atomic E-state index is 0.0628. The van der Waals surface area contributed by atoms with Crippen LogP contribution in [0.5, 0.6) is 0 Å². The number of aliphatic carboxylic acids is 1. The first kappa shape index (κ1) is 11.7. The van der Waals surface area contributed by atoms with E-state index in [9.17, 15) is 9.59 Å². The second-order valence-electron chi connectivity index (χ2n) is 4.50. The molecule has 1 atom stereocenters. The van der Waals surface area contributed by atoms with Crippen molar-refractivity contribution in [2.24, 2.45) is 5.92 Å². The number of nitrogens with one attached hydrogen (secondary N) is 1. The zero-order valence-corrected chi connectivity index (χ0v) is 9.82. The third kappa shape index (κ3) is 2.49. The quantitative estimate of drug-likeness (QED) is 0.831. The van der Waals surface area contributed by atoms with Gasteiger partial charge < -0.3 is 14.8 Å². The van der Waals surface area contributed by atoms with Crippen LogP contribution in [0, 0.1) is 19.8 Å². The first-order valence-electron chi connectivity index (χ1n) is 5.59. The van der Waals surface area contributed by atoms with Gasteiger partial charge in [0.05, 0.1) is 0 Å². The second kappa shape index (κ2) is 4.24. The van der Waals surface area contributed by atoms with E-state index in [0.29, 0.717) is 5.76 Å². The number of aryl methyl sites for hydroxylation is 2. The highest BCUT2D eigenvalue weighted by atomic mass is 16.4. The van der Waals surface area contributed by atoms with Gasteiger partial charge in [0.25, 0.3) is 5.91 Å². The van der Waals surface area contributed by atoms with Crippen LogP contribution in [0.15, 0.2) is 10.5 Å². The van der Waals surface area contributed by atoms with Gasteiger partial charge >= 0.3 is 5.97 Å². The van der Waals surface area contributed by atoms with Crippen LogP contribution in [-0.2, 0) is 4.79 Å². The molecule has 0 saturated heterocycles. The Hall–Kier alpha value is -1.78. The first-order chi connectivity index (χ1) is 7.99. The standard InChI is InChI=1S/C12H15NO4/c1-6-5-7(2)17-10(6)11(14)13-9(12(15)16)8-3-4-8/h5,8-9H,3-4H2,1-2H3,(H,13,14)(H,15,16).